The summed E-state index contributed by atoms with van der Waals surface area (Å²) in [6, 6.07) is 8.08. The van der Waals surface area contributed by atoms with Gasteiger partial charge in [0, 0.05) is 42.3 Å². The zero-order valence-electron chi connectivity index (χ0n) is 22.3. The highest BCUT2D eigenvalue weighted by Crippen LogP contribution is 2.35. The van der Waals surface area contributed by atoms with Gasteiger partial charge in [-0.1, -0.05) is 19.9 Å². The molecular weight excluding hydrogens is 521 g/mol. The first-order valence-corrected chi connectivity index (χ1v) is 14.9. The smallest absolute Gasteiger partial charge is 0.274 e. The molecule has 1 amide bonds. The molecule has 0 radical (unpaired) electrons. The lowest BCUT2D eigenvalue weighted by Crippen LogP contribution is -2.34. The molecular formula is C28H32FN5O4S. The number of benzene rings is 2. The second-order valence-corrected chi connectivity index (χ2v) is 12.0. The van der Waals surface area contributed by atoms with Gasteiger partial charge in [-0.2, -0.15) is 5.10 Å². The minimum Gasteiger partial charge on any atom is -0.387 e. The lowest BCUT2D eigenvalue weighted by molar-refractivity contribution is -0.127. The summed E-state index contributed by atoms with van der Waals surface area (Å²) in [5, 5.41) is 5.01. The summed E-state index contributed by atoms with van der Waals surface area (Å²) >= 11 is 0. The van der Waals surface area contributed by atoms with Crippen molar-refractivity contribution >= 4 is 44.1 Å². The number of carbonyl (C=O) groups excluding carboxylic acids is 1. The van der Waals surface area contributed by atoms with Crippen LogP contribution in [0.2, 0.25) is 0 Å². The average molecular weight is 554 g/mol. The van der Waals surface area contributed by atoms with E-state index in [-0.39, 0.29) is 36.0 Å². The molecule has 0 spiro atoms. The van der Waals surface area contributed by atoms with Crippen molar-refractivity contribution in [1.29, 1.82) is 0 Å². The van der Waals surface area contributed by atoms with Gasteiger partial charge >= 0.3 is 0 Å². The van der Waals surface area contributed by atoms with Crippen LogP contribution in [0.3, 0.4) is 0 Å². The van der Waals surface area contributed by atoms with Crippen molar-refractivity contribution in [3.8, 4) is 11.1 Å². The van der Waals surface area contributed by atoms with Gasteiger partial charge in [0.1, 0.15) is 21.5 Å². The molecule has 3 aromatic rings. The van der Waals surface area contributed by atoms with Crippen molar-refractivity contribution in [2.24, 2.45) is 10.7 Å². The van der Waals surface area contributed by atoms with Crippen LogP contribution in [0.4, 0.5) is 10.1 Å². The number of aromatic nitrogens is 2. The molecule has 2 heterocycles. The molecule has 206 valence electrons. The van der Waals surface area contributed by atoms with Crippen molar-refractivity contribution in [3.05, 3.63) is 63.8 Å². The Labute approximate surface area is 226 Å². The number of aryl methyl sites for hydroxylation is 1. The molecule has 2 aromatic carbocycles. The minimum absolute atomic E-state index is 0.0442. The van der Waals surface area contributed by atoms with Gasteiger partial charge in [-0.15, -0.1) is 0 Å². The number of aliphatic imine (C=N–C) groups is 1. The Bertz CT molecular complexity index is 1650. The zero-order chi connectivity index (χ0) is 28.3. The summed E-state index contributed by atoms with van der Waals surface area (Å²) in [4.78, 5) is 32.2. The number of amides is 1. The predicted molar refractivity (Wildman–Crippen MR) is 152 cm³/mol. The number of carbonyl (C=O) groups is 1. The van der Waals surface area contributed by atoms with Crippen LogP contribution in [0.1, 0.15) is 38.7 Å². The number of sulfone groups is 1. The molecule has 1 aliphatic rings. The van der Waals surface area contributed by atoms with Crippen molar-refractivity contribution in [1.82, 2.24) is 14.7 Å². The highest BCUT2D eigenvalue weighted by molar-refractivity contribution is 7.90. The van der Waals surface area contributed by atoms with E-state index in [0.717, 1.165) is 23.8 Å². The van der Waals surface area contributed by atoms with Gasteiger partial charge in [0.25, 0.3) is 5.56 Å². The number of nitrogens with zero attached hydrogens (tertiary/aromatic N) is 4. The minimum atomic E-state index is -3.25. The zero-order valence-corrected chi connectivity index (χ0v) is 23.1. The molecule has 0 fully saturated rings. The maximum atomic E-state index is 15.5. The SMILES string of the molecule is CCCN(CCC)C(=O)C1=Cc2c(F)cc(-c3ccc4c(=O)n(CCS(C)(=O)=O)ncc4c3)cc2N=C(N)C1. The van der Waals surface area contributed by atoms with E-state index in [1.807, 2.05) is 13.8 Å². The van der Waals surface area contributed by atoms with Gasteiger partial charge in [0.15, 0.2) is 0 Å². The van der Waals surface area contributed by atoms with Crippen molar-refractivity contribution < 1.29 is 17.6 Å². The van der Waals surface area contributed by atoms with E-state index in [0.29, 0.717) is 46.2 Å². The fraction of sp³-hybridized carbons (Fsp3) is 0.357. The van der Waals surface area contributed by atoms with Crippen molar-refractivity contribution in [3.63, 3.8) is 0 Å². The quantitative estimate of drug-likeness (QED) is 0.431. The van der Waals surface area contributed by atoms with Gasteiger partial charge in [-0.3, -0.25) is 9.59 Å². The fourth-order valence-electron chi connectivity index (χ4n) is 4.59. The Hall–Kier alpha value is -3.86. The molecule has 11 heteroatoms. The molecule has 2 N–H and O–H groups in total. The summed E-state index contributed by atoms with van der Waals surface area (Å²) in [5.74, 6) is -0.691. The maximum Gasteiger partial charge on any atom is 0.274 e. The molecule has 0 saturated heterocycles. The molecule has 0 atom stereocenters. The van der Waals surface area contributed by atoms with E-state index in [1.165, 1.54) is 12.3 Å². The normalized spacial score (nSPS) is 13.4. The third kappa shape index (κ3) is 6.42. The fourth-order valence-corrected chi connectivity index (χ4v) is 5.10. The van der Waals surface area contributed by atoms with Crippen LogP contribution in [0.25, 0.3) is 28.0 Å². The first kappa shape index (κ1) is 28.2. The molecule has 1 aliphatic heterocycles. The molecule has 0 aliphatic carbocycles. The first-order valence-electron chi connectivity index (χ1n) is 12.8. The number of fused-ring (bicyclic) bond motifs is 2. The summed E-state index contributed by atoms with van der Waals surface area (Å²) in [6.45, 7) is 5.17. The van der Waals surface area contributed by atoms with Crippen LogP contribution in [0.5, 0.6) is 0 Å². The van der Waals surface area contributed by atoms with Gasteiger partial charge in [-0.05, 0) is 54.3 Å². The summed E-state index contributed by atoms with van der Waals surface area (Å²) in [7, 11) is -3.25. The highest BCUT2D eigenvalue weighted by atomic mass is 32.2. The lowest BCUT2D eigenvalue weighted by atomic mass is 9.98. The Kier molecular flexibility index (Phi) is 8.29. The molecule has 9 nitrogen and oxygen atoms in total. The summed E-state index contributed by atoms with van der Waals surface area (Å²) in [5.41, 5.74) is 7.82. The first-order chi connectivity index (χ1) is 18.5. The van der Waals surface area contributed by atoms with Crippen molar-refractivity contribution in [2.75, 3.05) is 25.1 Å². The summed E-state index contributed by atoms with van der Waals surface area (Å²) < 4.78 is 39.5. The predicted octanol–water partition coefficient (Wildman–Crippen LogP) is 3.67. The molecule has 1 aromatic heterocycles. The van der Waals surface area contributed by atoms with E-state index in [4.69, 9.17) is 5.73 Å². The molecule has 39 heavy (non-hydrogen) atoms. The Morgan fingerprint density at radius 1 is 1.13 bits per heavy atom. The molecule has 0 bridgehead atoms. The largest absolute Gasteiger partial charge is 0.387 e. The number of rotatable bonds is 9. The maximum absolute atomic E-state index is 15.5. The molecule has 0 saturated carbocycles. The van der Waals surface area contributed by atoms with E-state index >= 15 is 4.39 Å². The van der Waals surface area contributed by atoms with Gasteiger partial charge in [0.2, 0.25) is 5.91 Å². The second kappa shape index (κ2) is 11.5. The molecule has 4 rings (SSSR count). The number of hydrogen-bond acceptors (Lipinski definition) is 7. The highest BCUT2D eigenvalue weighted by Gasteiger charge is 2.23. The summed E-state index contributed by atoms with van der Waals surface area (Å²) in [6.07, 6.45) is 5.88. The van der Waals surface area contributed by atoms with Crippen LogP contribution in [0, 0.1) is 5.82 Å². The van der Waals surface area contributed by atoms with Crippen LogP contribution in [-0.2, 0) is 21.2 Å². The second-order valence-electron chi connectivity index (χ2n) is 9.74. The van der Waals surface area contributed by atoms with E-state index in [1.54, 1.807) is 35.2 Å². The number of amidine groups is 1. The number of hydrogen-bond donors (Lipinski definition) is 1. The van der Waals surface area contributed by atoms with Crippen LogP contribution >= 0.6 is 0 Å². The van der Waals surface area contributed by atoms with Gasteiger partial charge < -0.3 is 10.6 Å². The van der Waals surface area contributed by atoms with E-state index in [9.17, 15) is 18.0 Å². The standard InChI is InChI=1S/C28H32FN5O4S/c1-4-8-33(9-5-2)27(35)20-13-23-24(29)14-19(15-25(23)32-26(30)16-20)18-6-7-22-21(12-18)17-31-34(28(22)36)10-11-39(3,37)38/h6-7,12-15,17H,4-5,8-11,16H2,1-3H3,(H2,30,32). The topological polar surface area (TPSA) is 128 Å². The van der Waals surface area contributed by atoms with Gasteiger partial charge in [-0.25, -0.2) is 22.5 Å². The Morgan fingerprint density at radius 3 is 2.51 bits per heavy atom. The number of halogens is 1. The van der Waals surface area contributed by atoms with Crippen molar-refractivity contribution in [2.45, 2.75) is 39.7 Å². The number of nitrogens with two attached hydrogens (primary N) is 1. The third-order valence-electron chi connectivity index (χ3n) is 6.47. The molecule has 0 unspecified atom stereocenters. The van der Waals surface area contributed by atoms with Crippen LogP contribution in [-0.4, -0.2) is 59.9 Å². The Morgan fingerprint density at radius 2 is 1.85 bits per heavy atom. The van der Waals surface area contributed by atoms with E-state index in [2.05, 4.69) is 10.1 Å². The van der Waals surface area contributed by atoms with Crippen LogP contribution < -0.4 is 11.3 Å². The third-order valence-corrected chi connectivity index (χ3v) is 7.39. The lowest BCUT2D eigenvalue weighted by Gasteiger charge is -2.22. The van der Waals surface area contributed by atoms with Gasteiger partial charge in [0.05, 0.1) is 29.6 Å². The average Bonchev–Trinajstić information content (AvgIpc) is 3.05. The Balaban J connectivity index is 1.71. The van der Waals surface area contributed by atoms with Crippen LogP contribution in [0.15, 0.2) is 51.9 Å². The monoisotopic (exact) mass is 553 g/mol. The van der Waals surface area contributed by atoms with E-state index < -0.39 is 21.2 Å².